The van der Waals surface area contributed by atoms with Gasteiger partial charge in [0.15, 0.2) is 5.13 Å². The zero-order valence-electron chi connectivity index (χ0n) is 21.9. The lowest BCUT2D eigenvalue weighted by Gasteiger charge is -2.53. The van der Waals surface area contributed by atoms with E-state index in [9.17, 15) is 14.7 Å². The lowest BCUT2D eigenvalue weighted by atomic mass is 9.53. The average molecular weight is 547 g/mol. The summed E-state index contributed by atoms with van der Waals surface area (Å²) in [6.07, 6.45) is 2.05. The molecule has 2 amide bonds. The number of aliphatic hydroxyl groups is 1. The van der Waals surface area contributed by atoms with E-state index in [1.807, 2.05) is 24.4 Å². The van der Waals surface area contributed by atoms with Crippen LogP contribution in [-0.4, -0.2) is 72.3 Å². The van der Waals surface area contributed by atoms with Crippen molar-refractivity contribution >= 4 is 39.6 Å². The van der Waals surface area contributed by atoms with Crippen LogP contribution in [0.2, 0.25) is 0 Å². The number of ether oxygens (including phenoxy) is 1. The number of rotatable bonds is 7. The summed E-state index contributed by atoms with van der Waals surface area (Å²) in [6.45, 7) is 11.1. The van der Waals surface area contributed by atoms with E-state index in [0.29, 0.717) is 16.6 Å². The lowest BCUT2D eigenvalue weighted by molar-refractivity contribution is -0.134. The fourth-order valence-electron chi connectivity index (χ4n) is 6.68. The van der Waals surface area contributed by atoms with E-state index >= 15 is 0 Å². The molecule has 2 fully saturated rings. The molecule has 2 aromatic rings. The molecule has 8 nitrogen and oxygen atoms in total. The summed E-state index contributed by atoms with van der Waals surface area (Å²) in [5.41, 5.74) is 0.924. The first-order chi connectivity index (χ1) is 17.8. The Balaban J connectivity index is 1.24. The van der Waals surface area contributed by atoms with Gasteiger partial charge in [0.05, 0.1) is 29.9 Å². The second kappa shape index (κ2) is 11.1. The van der Waals surface area contributed by atoms with Crippen molar-refractivity contribution in [2.75, 3.05) is 44.7 Å². The fraction of sp³-hybridized carbons (Fsp3) is 0.667. The normalized spacial score (nSPS) is 30.7. The third kappa shape index (κ3) is 5.49. The fourth-order valence-corrected chi connectivity index (χ4v) is 8.56. The topological polar surface area (TPSA) is 104 Å². The first-order valence-electron chi connectivity index (χ1n) is 13.4. The summed E-state index contributed by atoms with van der Waals surface area (Å²) in [7, 11) is 0. The maximum Gasteiger partial charge on any atom is 0.267 e. The molecule has 0 bridgehead atoms. The Labute approximate surface area is 226 Å². The van der Waals surface area contributed by atoms with Crippen LogP contribution >= 0.6 is 22.7 Å². The molecule has 2 aromatic heterocycles. The van der Waals surface area contributed by atoms with Crippen molar-refractivity contribution in [2.24, 2.45) is 23.2 Å². The number of hydrogen-bond donors (Lipinski definition) is 3. The Morgan fingerprint density at radius 2 is 2.14 bits per heavy atom. The van der Waals surface area contributed by atoms with Crippen molar-refractivity contribution in [1.82, 2.24) is 15.2 Å². The molecule has 3 heterocycles. The van der Waals surface area contributed by atoms with Crippen LogP contribution in [0.5, 0.6) is 0 Å². The standard InChI is InChI=1S/C27H38N4O4S2/c1-16(24(33)28-8-9-31-10-12-35-13-11-31)18-6-7-27(3)15-20-22(17(2)21(27)23(18)32)29-26(37-20)30-25(34)19-5-4-14-36-19/h4-5,14,16-18,21,23,32H,6-13,15H2,1-3H3,(H,28,33)(H,29,30,34). The van der Waals surface area contributed by atoms with Crippen LogP contribution in [0.25, 0.3) is 0 Å². The minimum absolute atomic E-state index is 0.0188. The van der Waals surface area contributed by atoms with E-state index in [2.05, 4.69) is 29.4 Å². The molecular weight excluding hydrogens is 508 g/mol. The third-order valence-electron chi connectivity index (χ3n) is 8.77. The molecule has 1 saturated heterocycles. The number of carbonyl (C=O) groups is 2. The van der Waals surface area contributed by atoms with Crippen molar-refractivity contribution in [1.29, 1.82) is 0 Å². The number of anilines is 1. The highest BCUT2D eigenvalue weighted by Crippen LogP contribution is 2.57. The Hall–Kier alpha value is -1.85. The van der Waals surface area contributed by atoms with Crippen molar-refractivity contribution in [3.05, 3.63) is 33.0 Å². The number of fused-ring (bicyclic) bond motifs is 2. The summed E-state index contributed by atoms with van der Waals surface area (Å²) >= 11 is 2.97. The van der Waals surface area contributed by atoms with Gasteiger partial charge in [-0.1, -0.05) is 26.8 Å². The molecule has 1 saturated carbocycles. The molecule has 202 valence electrons. The molecule has 3 N–H and O–H groups in total. The van der Waals surface area contributed by atoms with E-state index < -0.39 is 6.10 Å². The molecule has 5 rings (SSSR count). The first-order valence-corrected chi connectivity index (χ1v) is 15.1. The Bertz CT molecular complexity index is 1100. The number of carbonyl (C=O) groups excluding carboxylic acids is 2. The van der Waals surface area contributed by atoms with Gasteiger partial charge in [0.2, 0.25) is 5.91 Å². The zero-order chi connectivity index (χ0) is 26.2. The van der Waals surface area contributed by atoms with Gasteiger partial charge in [-0.05, 0) is 48.0 Å². The molecule has 0 radical (unpaired) electrons. The predicted octanol–water partition coefficient (Wildman–Crippen LogP) is 3.59. The molecule has 6 unspecified atom stereocenters. The number of aliphatic hydroxyl groups excluding tert-OH is 1. The highest BCUT2D eigenvalue weighted by Gasteiger charge is 2.53. The van der Waals surface area contributed by atoms with Crippen molar-refractivity contribution in [2.45, 2.75) is 52.1 Å². The van der Waals surface area contributed by atoms with Gasteiger partial charge in [-0.3, -0.25) is 19.8 Å². The molecule has 0 spiro atoms. The summed E-state index contributed by atoms with van der Waals surface area (Å²) < 4.78 is 5.39. The number of morpholine rings is 1. The molecular formula is C27H38N4O4S2. The Kier molecular flexibility index (Phi) is 8.02. The van der Waals surface area contributed by atoms with Gasteiger partial charge in [-0.25, -0.2) is 4.98 Å². The van der Waals surface area contributed by atoms with Gasteiger partial charge in [-0.15, -0.1) is 22.7 Å². The van der Waals surface area contributed by atoms with Gasteiger partial charge >= 0.3 is 0 Å². The van der Waals surface area contributed by atoms with Crippen LogP contribution in [0.15, 0.2) is 17.5 Å². The van der Waals surface area contributed by atoms with Gasteiger partial charge < -0.3 is 15.2 Å². The molecule has 1 aliphatic heterocycles. The average Bonchev–Trinajstić information content (AvgIpc) is 3.54. The monoisotopic (exact) mass is 546 g/mol. The van der Waals surface area contributed by atoms with Crippen LogP contribution in [0, 0.1) is 23.2 Å². The third-order valence-corrected chi connectivity index (χ3v) is 10.6. The summed E-state index contributed by atoms with van der Waals surface area (Å²) in [5.74, 6) is -0.378. The number of hydrogen-bond acceptors (Lipinski definition) is 8. The molecule has 3 aliphatic rings. The highest BCUT2D eigenvalue weighted by atomic mass is 32.1. The maximum absolute atomic E-state index is 13.0. The minimum atomic E-state index is -0.576. The number of thiophene rings is 1. The Morgan fingerprint density at radius 3 is 2.86 bits per heavy atom. The van der Waals surface area contributed by atoms with Crippen molar-refractivity contribution < 1.29 is 19.4 Å². The molecule has 37 heavy (non-hydrogen) atoms. The van der Waals surface area contributed by atoms with E-state index in [-0.39, 0.29) is 40.9 Å². The number of aromatic nitrogens is 1. The van der Waals surface area contributed by atoms with E-state index in [1.54, 1.807) is 11.3 Å². The van der Waals surface area contributed by atoms with E-state index in [1.165, 1.54) is 16.2 Å². The first kappa shape index (κ1) is 26.7. The van der Waals surface area contributed by atoms with Gasteiger partial charge in [-0.2, -0.15) is 0 Å². The number of thiazole rings is 1. The second-order valence-corrected chi connectivity index (χ2v) is 13.2. The maximum atomic E-state index is 13.0. The van der Waals surface area contributed by atoms with Gasteiger partial charge in [0.1, 0.15) is 0 Å². The number of amides is 2. The molecule has 10 heteroatoms. The lowest BCUT2D eigenvalue weighted by Crippen LogP contribution is -2.53. The largest absolute Gasteiger partial charge is 0.392 e. The predicted molar refractivity (Wildman–Crippen MR) is 146 cm³/mol. The van der Waals surface area contributed by atoms with Crippen LogP contribution in [0.3, 0.4) is 0 Å². The van der Waals surface area contributed by atoms with Crippen LogP contribution in [0.1, 0.15) is 59.8 Å². The Morgan fingerprint density at radius 1 is 1.35 bits per heavy atom. The van der Waals surface area contributed by atoms with E-state index in [0.717, 1.165) is 57.8 Å². The van der Waals surface area contributed by atoms with E-state index in [4.69, 9.17) is 9.72 Å². The number of nitrogens with one attached hydrogen (secondary N) is 2. The highest BCUT2D eigenvalue weighted by molar-refractivity contribution is 7.16. The summed E-state index contributed by atoms with van der Waals surface area (Å²) in [4.78, 5) is 34.6. The summed E-state index contributed by atoms with van der Waals surface area (Å²) in [6, 6.07) is 3.67. The van der Waals surface area contributed by atoms with Crippen molar-refractivity contribution in [3.8, 4) is 0 Å². The van der Waals surface area contributed by atoms with Crippen LogP contribution in [0.4, 0.5) is 5.13 Å². The molecule has 6 atom stereocenters. The van der Waals surface area contributed by atoms with Crippen LogP contribution < -0.4 is 10.6 Å². The number of nitrogens with zero attached hydrogens (tertiary/aromatic N) is 2. The quantitative estimate of drug-likeness (QED) is 0.490. The van der Waals surface area contributed by atoms with Crippen LogP contribution in [-0.2, 0) is 16.0 Å². The molecule has 2 aliphatic carbocycles. The zero-order valence-corrected chi connectivity index (χ0v) is 23.5. The molecule has 0 aromatic carbocycles. The van der Waals surface area contributed by atoms with Gasteiger partial charge in [0.25, 0.3) is 5.91 Å². The summed E-state index contributed by atoms with van der Waals surface area (Å²) in [5, 5.41) is 20.2. The van der Waals surface area contributed by atoms with Crippen molar-refractivity contribution in [3.63, 3.8) is 0 Å². The minimum Gasteiger partial charge on any atom is -0.392 e. The smallest absolute Gasteiger partial charge is 0.267 e. The SMILES string of the molecule is CC(C(=O)NCCN1CCOCC1)C1CCC2(C)Cc3sc(NC(=O)c4cccs4)nc3C(C)C2C1O. The van der Waals surface area contributed by atoms with Gasteiger partial charge in [0, 0.05) is 42.9 Å². The second-order valence-electron chi connectivity index (χ2n) is 11.1.